The van der Waals surface area contributed by atoms with Crippen molar-refractivity contribution >= 4 is 11.6 Å². The third kappa shape index (κ3) is 1.67. The molecule has 0 aliphatic heterocycles. The topological polar surface area (TPSA) is 69.3 Å². The first-order chi connectivity index (χ1) is 5.24. The Kier molecular flexibility index (Phi) is 2.06. The van der Waals surface area contributed by atoms with Crippen molar-refractivity contribution in [3.8, 4) is 0 Å². The van der Waals surface area contributed by atoms with Crippen LogP contribution in [0.5, 0.6) is 0 Å². The molecule has 0 spiro atoms. The SMILES string of the molecule is CNC(=O)c1cc(N)cc[nH+]1. The first-order valence-electron chi connectivity index (χ1n) is 3.23. The highest BCUT2D eigenvalue weighted by Gasteiger charge is 2.09. The zero-order valence-electron chi connectivity index (χ0n) is 6.22. The highest BCUT2D eigenvalue weighted by molar-refractivity contribution is 5.91. The molecular formula is C7H10N3O+. The van der Waals surface area contributed by atoms with E-state index in [1.54, 1.807) is 25.4 Å². The van der Waals surface area contributed by atoms with Gasteiger partial charge in [-0.05, 0) is 0 Å². The van der Waals surface area contributed by atoms with E-state index in [2.05, 4.69) is 10.3 Å². The largest absolute Gasteiger partial charge is 0.398 e. The quantitative estimate of drug-likeness (QED) is 0.566. The van der Waals surface area contributed by atoms with Crippen molar-refractivity contribution < 1.29 is 9.78 Å². The minimum atomic E-state index is -0.169. The lowest BCUT2D eigenvalue weighted by atomic mass is 10.3. The minimum absolute atomic E-state index is 0.169. The molecular weight excluding hydrogens is 142 g/mol. The fourth-order valence-corrected chi connectivity index (χ4v) is 0.750. The summed E-state index contributed by atoms with van der Waals surface area (Å²) < 4.78 is 0. The van der Waals surface area contributed by atoms with Gasteiger partial charge in [0.1, 0.15) is 0 Å². The average molecular weight is 152 g/mol. The molecule has 58 valence electrons. The predicted octanol–water partition coefficient (Wildman–Crippen LogP) is -0.558. The van der Waals surface area contributed by atoms with Crippen LogP contribution < -0.4 is 16.0 Å². The molecule has 0 radical (unpaired) electrons. The van der Waals surface area contributed by atoms with Gasteiger partial charge in [-0.2, -0.15) is 0 Å². The summed E-state index contributed by atoms with van der Waals surface area (Å²) in [4.78, 5) is 13.7. The Balaban J connectivity index is 2.96. The molecule has 11 heavy (non-hydrogen) atoms. The summed E-state index contributed by atoms with van der Waals surface area (Å²) in [5.41, 5.74) is 6.49. The van der Waals surface area contributed by atoms with Crippen molar-refractivity contribution in [2.75, 3.05) is 12.8 Å². The number of amides is 1. The monoisotopic (exact) mass is 152 g/mol. The number of carbonyl (C=O) groups excluding carboxylic acids is 1. The first-order valence-corrected chi connectivity index (χ1v) is 3.23. The van der Waals surface area contributed by atoms with E-state index in [0.29, 0.717) is 11.4 Å². The number of pyridine rings is 1. The van der Waals surface area contributed by atoms with Crippen molar-refractivity contribution in [1.29, 1.82) is 0 Å². The van der Waals surface area contributed by atoms with Crippen LogP contribution in [0.15, 0.2) is 18.3 Å². The van der Waals surface area contributed by atoms with Gasteiger partial charge in [-0.15, -0.1) is 0 Å². The average Bonchev–Trinajstić information content (AvgIpc) is 2.03. The molecule has 0 bridgehead atoms. The molecule has 4 nitrogen and oxygen atoms in total. The summed E-state index contributed by atoms with van der Waals surface area (Å²) in [6.45, 7) is 0. The first kappa shape index (κ1) is 7.53. The van der Waals surface area contributed by atoms with E-state index in [1.165, 1.54) is 0 Å². The zero-order chi connectivity index (χ0) is 8.27. The van der Waals surface area contributed by atoms with Gasteiger partial charge in [-0.3, -0.25) is 4.79 Å². The third-order valence-corrected chi connectivity index (χ3v) is 1.30. The maximum absolute atomic E-state index is 11.0. The van der Waals surface area contributed by atoms with Crippen LogP contribution in [-0.4, -0.2) is 13.0 Å². The second-order valence-electron chi connectivity index (χ2n) is 2.11. The molecule has 1 amide bonds. The Morgan fingerprint density at radius 2 is 2.45 bits per heavy atom. The molecule has 4 N–H and O–H groups in total. The fourth-order valence-electron chi connectivity index (χ4n) is 0.750. The number of nitrogens with one attached hydrogen (secondary N) is 2. The highest BCUT2D eigenvalue weighted by atomic mass is 16.1. The number of aromatic amines is 1. The Morgan fingerprint density at radius 1 is 1.73 bits per heavy atom. The molecule has 1 heterocycles. The number of nitrogen functional groups attached to an aromatic ring is 1. The van der Waals surface area contributed by atoms with Crippen LogP contribution in [0.1, 0.15) is 10.5 Å². The van der Waals surface area contributed by atoms with Gasteiger partial charge in [0.2, 0.25) is 0 Å². The second-order valence-corrected chi connectivity index (χ2v) is 2.11. The second kappa shape index (κ2) is 3.01. The van der Waals surface area contributed by atoms with E-state index in [-0.39, 0.29) is 5.91 Å². The normalized spacial score (nSPS) is 9.18. The lowest BCUT2D eigenvalue weighted by Gasteiger charge is -1.92. The summed E-state index contributed by atoms with van der Waals surface area (Å²) in [6.07, 6.45) is 1.62. The number of hydrogen-bond acceptors (Lipinski definition) is 2. The van der Waals surface area contributed by atoms with Crippen molar-refractivity contribution in [1.82, 2.24) is 5.32 Å². The minimum Gasteiger partial charge on any atom is -0.398 e. The maximum atomic E-state index is 11.0. The lowest BCUT2D eigenvalue weighted by molar-refractivity contribution is -0.381. The van der Waals surface area contributed by atoms with Crippen LogP contribution in [0.4, 0.5) is 5.69 Å². The van der Waals surface area contributed by atoms with Crippen LogP contribution in [0.2, 0.25) is 0 Å². The van der Waals surface area contributed by atoms with Gasteiger partial charge >= 0.3 is 5.91 Å². The Morgan fingerprint density at radius 3 is 3.00 bits per heavy atom. The van der Waals surface area contributed by atoms with Crippen molar-refractivity contribution in [3.63, 3.8) is 0 Å². The Hall–Kier alpha value is -1.58. The zero-order valence-corrected chi connectivity index (χ0v) is 6.22. The fraction of sp³-hybridized carbons (Fsp3) is 0.143. The van der Waals surface area contributed by atoms with E-state index in [9.17, 15) is 4.79 Å². The Bertz CT molecular complexity index is 272. The van der Waals surface area contributed by atoms with Crippen molar-refractivity contribution in [3.05, 3.63) is 24.0 Å². The molecule has 0 saturated carbocycles. The molecule has 1 rings (SSSR count). The van der Waals surface area contributed by atoms with Gasteiger partial charge in [0, 0.05) is 24.9 Å². The van der Waals surface area contributed by atoms with E-state index < -0.39 is 0 Å². The lowest BCUT2D eigenvalue weighted by Crippen LogP contribution is -2.26. The van der Waals surface area contributed by atoms with Crippen LogP contribution >= 0.6 is 0 Å². The van der Waals surface area contributed by atoms with E-state index in [0.717, 1.165) is 0 Å². The standard InChI is InChI=1S/C7H9N3O/c1-9-7(11)6-4-5(8)2-3-10-6/h2-4H,1H3,(H2,8,10)(H,9,11)/p+1. The van der Waals surface area contributed by atoms with E-state index in [1.807, 2.05) is 0 Å². The van der Waals surface area contributed by atoms with E-state index >= 15 is 0 Å². The number of hydrogen-bond donors (Lipinski definition) is 2. The molecule has 0 aromatic carbocycles. The molecule has 1 aromatic rings. The summed E-state index contributed by atoms with van der Waals surface area (Å²) in [5.74, 6) is -0.169. The molecule has 0 unspecified atom stereocenters. The van der Waals surface area contributed by atoms with Crippen molar-refractivity contribution in [2.45, 2.75) is 0 Å². The van der Waals surface area contributed by atoms with Gasteiger partial charge in [-0.1, -0.05) is 0 Å². The Labute approximate surface area is 64.4 Å². The molecule has 0 fully saturated rings. The molecule has 0 saturated heterocycles. The maximum Gasteiger partial charge on any atom is 0.315 e. The van der Waals surface area contributed by atoms with Crippen molar-refractivity contribution in [2.24, 2.45) is 0 Å². The molecule has 0 aliphatic carbocycles. The van der Waals surface area contributed by atoms with Gasteiger partial charge in [0.25, 0.3) is 5.69 Å². The van der Waals surface area contributed by atoms with Gasteiger partial charge in [-0.25, -0.2) is 4.98 Å². The summed E-state index contributed by atoms with van der Waals surface area (Å²) >= 11 is 0. The highest BCUT2D eigenvalue weighted by Crippen LogP contribution is 1.98. The predicted molar refractivity (Wildman–Crippen MR) is 40.8 cm³/mol. The van der Waals surface area contributed by atoms with Gasteiger partial charge in [0.15, 0.2) is 6.20 Å². The molecule has 1 aromatic heterocycles. The summed E-state index contributed by atoms with van der Waals surface area (Å²) in [5, 5.41) is 2.48. The van der Waals surface area contributed by atoms with Crippen LogP contribution in [0.3, 0.4) is 0 Å². The summed E-state index contributed by atoms with van der Waals surface area (Å²) in [6, 6.07) is 3.27. The smallest absolute Gasteiger partial charge is 0.315 e. The van der Waals surface area contributed by atoms with Gasteiger partial charge in [0.05, 0.1) is 0 Å². The summed E-state index contributed by atoms with van der Waals surface area (Å²) in [7, 11) is 1.57. The number of nitrogens with two attached hydrogens (primary N) is 1. The molecule has 0 atom stereocenters. The number of aromatic nitrogens is 1. The van der Waals surface area contributed by atoms with Crippen LogP contribution in [0, 0.1) is 0 Å². The number of rotatable bonds is 1. The molecule has 0 aliphatic rings. The third-order valence-electron chi connectivity index (χ3n) is 1.30. The number of H-pyrrole nitrogens is 1. The number of anilines is 1. The number of carbonyl (C=O) groups is 1. The van der Waals surface area contributed by atoms with Crippen LogP contribution in [0.25, 0.3) is 0 Å². The molecule has 4 heteroatoms. The van der Waals surface area contributed by atoms with Gasteiger partial charge < -0.3 is 11.1 Å². The van der Waals surface area contributed by atoms with Crippen LogP contribution in [-0.2, 0) is 0 Å². The van der Waals surface area contributed by atoms with E-state index in [4.69, 9.17) is 5.73 Å².